The molecule has 2 aromatic rings. The van der Waals surface area contributed by atoms with Gasteiger partial charge < -0.3 is 0 Å². The van der Waals surface area contributed by atoms with E-state index >= 15 is 0 Å². The summed E-state index contributed by atoms with van der Waals surface area (Å²) in [5.74, 6) is 0.762. The van der Waals surface area contributed by atoms with Crippen molar-refractivity contribution in [2.45, 2.75) is 45.4 Å². The molecule has 0 saturated carbocycles. The molecule has 0 heterocycles. The van der Waals surface area contributed by atoms with Crippen LogP contribution in [0.3, 0.4) is 0 Å². The summed E-state index contributed by atoms with van der Waals surface area (Å²) in [5.41, 5.74) is 7.69. The lowest BCUT2D eigenvalue weighted by molar-refractivity contribution is 0.744. The highest BCUT2D eigenvalue weighted by Crippen LogP contribution is 2.35. The first-order valence-corrected chi connectivity index (χ1v) is 7.40. The van der Waals surface area contributed by atoms with Crippen LogP contribution < -0.4 is 0 Å². The molecule has 0 amide bonds. The third-order valence-electron chi connectivity index (χ3n) is 4.42. The Morgan fingerprint density at radius 1 is 1.00 bits per heavy atom. The van der Waals surface area contributed by atoms with Crippen LogP contribution in [0.4, 0.5) is 0 Å². The Labute approximate surface area is 116 Å². The van der Waals surface area contributed by atoms with Crippen molar-refractivity contribution in [3.8, 4) is 0 Å². The Morgan fingerprint density at radius 2 is 1.74 bits per heavy atom. The average molecular weight is 250 g/mol. The lowest BCUT2D eigenvalue weighted by atomic mass is 9.94. The van der Waals surface area contributed by atoms with Crippen molar-refractivity contribution in [3.63, 3.8) is 0 Å². The molecular weight excluding hydrogens is 228 g/mol. The lowest BCUT2D eigenvalue weighted by Gasteiger charge is -2.12. The zero-order valence-electron chi connectivity index (χ0n) is 11.9. The van der Waals surface area contributed by atoms with E-state index < -0.39 is 0 Å². The maximum absolute atomic E-state index is 2.45. The number of fused-ring (bicyclic) bond motifs is 1. The van der Waals surface area contributed by atoms with Crippen LogP contribution in [0.2, 0.25) is 0 Å². The lowest BCUT2D eigenvalue weighted by Crippen LogP contribution is -1.97. The molecule has 1 atom stereocenters. The summed E-state index contributed by atoms with van der Waals surface area (Å²) in [5, 5.41) is 0. The molecule has 0 bridgehead atoms. The van der Waals surface area contributed by atoms with Crippen LogP contribution in [0.1, 0.15) is 47.1 Å². The van der Waals surface area contributed by atoms with Crippen LogP contribution >= 0.6 is 0 Å². The van der Waals surface area contributed by atoms with Gasteiger partial charge in [0.2, 0.25) is 0 Å². The van der Waals surface area contributed by atoms with Gasteiger partial charge in [-0.3, -0.25) is 0 Å². The van der Waals surface area contributed by atoms with E-state index in [1.165, 1.54) is 29.5 Å². The van der Waals surface area contributed by atoms with Crippen molar-refractivity contribution < 1.29 is 0 Å². The largest absolute Gasteiger partial charge is 0.0622 e. The SMILES string of the molecule is Cc1cc(CCc2ccccc2)cc2c1C(C)CC2. The predicted molar refractivity (Wildman–Crippen MR) is 81.8 cm³/mol. The standard InChI is InChI=1S/C19H22/c1-14-8-11-18-13-17(12-15(2)19(14)18)10-9-16-6-4-3-5-7-16/h3-7,12-14H,8-11H2,1-2H3. The van der Waals surface area contributed by atoms with Gasteiger partial charge in [-0.1, -0.05) is 49.4 Å². The third-order valence-corrected chi connectivity index (χ3v) is 4.42. The summed E-state index contributed by atoms with van der Waals surface area (Å²) < 4.78 is 0. The van der Waals surface area contributed by atoms with Crippen LogP contribution in [0.15, 0.2) is 42.5 Å². The fraction of sp³-hybridized carbons (Fsp3) is 0.368. The van der Waals surface area contributed by atoms with Crippen LogP contribution in [0.25, 0.3) is 0 Å². The molecule has 2 aromatic carbocycles. The van der Waals surface area contributed by atoms with Crippen molar-refractivity contribution in [2.75, 3.05) is 0 Å². The Kier molecular flexibility index (Phi) is 3.42. The maximum Gasteiger partial charge on any atom is -0.0182 e. The van der Waals surface area contributed by atoms with E-state index in [0.29, 0.717) is 0 Å². The highest BCUT2D eigenvalue weighted by Gasteiger charge is 2.20. The summed E-state index contributed by atoms with van der Waals surface area (Å²) in [7, 11) is 0. The van der Waals surface area contributed by atoms with Gasteiger partial charge in [-0.25, -0.2) is 0 Å². The predicted octanol–water partition coefficient (Wildman–Crippen LogP) is 4.83. The molecule has 19 heavy (non-hydrogen) atoms. The second-order valence-electron chi connectivity index (χ2n) is 5.91. The van der Waals surface area contributed by atoms with Crippen LogP contribution in [0, 0.1) is 6.92 Å². The molecule has 0 heteroatoms. The summed E-state index contributed by atoms with van der Waals surface area (Å²) in [6.07, 6.45) is 4.91. The minimum Gasteiger partial charge on any atom is -0.0622 e. The Balaban J connectivity index is 1.78. The topological polar surface area (TPSA) is 0 Å². The van der Waals surface area contributed by atoms with Gasteiger partial charge in [-0.05, 0) is 66.3 Å². The molecule has 1 aliphatic carbocycles. The van der Waals surface area contributed by atoms with E-state index in [-0.39, 0.29) is 0 Å². The molecule has 0 radical (unpaired) electrons. The van der Waals surface area contributed by atoms with Crippen molar-refractivity contribution in [2.24, 2.45) is 0 Å². The van der Waals surface area contributed by atoms with Gasteiger partial charge in [0, 0.05) is 0 Å². The average Bonchev–Trinajstić information content (AvgIpc) is 2.80. The summed E-state index contributed by atoms with van der Waals surface area (Å²) in [4.78, 5) is 0. The Hall–Kier alpha value is -1.56. The van der Waals surface area contributed by atoms with Crippen molar-refractivity contribution >= 4 is 0 Å². The zero-order valence-corrected chi connectivity index (χ0v) is 11.9. The van der Waals surface area contributed by atoms with Gasteiger partial charge in [-0.15, -0.1) is 0 Å². The highest BCUT2D eigenvalue weighted by molar-refractivity contribution is 5.44. The molecule has 0 N–H and O–H groups in total. The maximum atomic E-state index is 2.45. The van der Waals surface area contributed by atoms with E-state index in [4.69, 9.17) is 0 Å². The molecule has 0 saturated heterocycles. The normalized spacial score (nSPS) is 17.5. The highest BCUT2D eigenvalue weighted by atomic mass is 14.3. The molecule has 0 spiro atoms. The van der Waals surface area contributed by atoms with Crippen molar-refractivity contribution in [3.05, 3.63) is 70.3 Å². The molecule has 0 nitrogen and oxygen atoms in total. The van der Waals surface area contributed by atoms with Gasteiger partial charge in [0.05, 0.1) is 0 Å². The third kappa shape index (κ3) is 2.58. The monoisotopic (exact) mass is 250 g/mol. The zero-order chi connectivity index (χ0) is 13.2. The minimum atomic E-state index is 0.762. The van der Waals surface area contributed by atoms with Gasteiger partial charge in [0.15, 0.2) is 0 Å². The molecule has 0 fully saturated rings. The van der Waals surface area contributed by atoms with Gasteiger partial charge >= 0.3 is 0 Å². The summed E-state index contributed by atoms with van der Waals surface area (Å²) in [6.45, 7) is 4.65. The first kappa shape index (κ1) is 12.5. The number of benzene rings is 2. The number of hydrogen-bond donors (Lipinski definition) is 0. The first-order chi connectivity index (χ1) is 9.24. The second-order valence-corrected chi connectivity index (χ2v) is 5.91. The molecule has 1 aliphatic rings. The molecule has 0 aromatic heterocycles. The van der Waals surface area contributed by atoms with E-state index in [1.54, 1.807) is 11.1 Å². The Bertz CT molecular complexity index is 566. The molecule has 1 unspecified atom stereocenters. The molecular formula is C19H22. The number of rotatable bonds is 3. The van der Waals surface area contributed by atoms with Crippen molar-refractivity contribution in [1.82, 2.24) is 0 Å². The van der Waals surface area contributed by atoms with Crippen molar-refractivity contribution in [1.29, 1.82) is 0 Å². The smallest absolute Gasteiger partial charge is 0.0182 e. The van der Waals surface area contributed by atoms with Gasteiger partial charge in [0.1, 0.15) is 0 Å². The van der Waals surface area contributed by atoms with Crippen LogP contribution in [-0.4, -0.2) is 0 Å². The van der Waals surface area contributed by atoms with E-state index in [2.05, 4.69) is 56.3 Å². The second kappa shape index (κ2) is 5.21. The van der Waals surface area contributed by atoms with Gasteiger partial charge in [0.25, 0.3) is 0 Å². The number of aryl methyl sites for hydroxylation is 4. The van der Waals surface area contributed by atoms with E-state index in [1.807, 2.05) is 0 Å². The quantitative estimate of drug-likeness (QED) is 0.732. The van der Waals surface area contributed by atoms with E-state index in [0.717, 1.165) is 18.8 Å². The van der Waals surface area contributed by atoms with Gasteiger partial charge in [-0.2, -0.15) is 0 Å². The fourth-order valence-electron chi connectivity index (χ4n) is 3.46. The Morgan fingerprint density at radius 3 is 2.53 bits per heavy atom. The van der Waals surface area contributed by atoms with E-state index in [9.17, 15) is 0 Å². The van der Waals surface area contributed by atoms with Crippen LogP contribution in [0.5, 0.6) is 0 Å². The molecule has 0 aliphatic heterocycles. The molecule has 3 rings (SSSR count). The fourth-order valence-corrected chi connectivity index (χ4v) is 3.46. The number of hydrogen-bond acceptors (Lipinski definition) is 0. The van der Waals surface area contributed by atoms with Crippen LogP contribution in [-0.2, 0) is 19.3 Å². The minimum absolute atomic E-state index is 0.762. The summed E-state index contributed by atoms with van der Waals surface area (Å²) >= 11 is 0. The summed E-state index contributed by atoms with van der Waals surface area (Å²) in [6, 6.07) is 15.7. The molecule has 98 valence electrons. The first-order valence-electron chi connectivity index (χ1n) is 7.40.